The van der Waals surface area contributed by atoms with E-state index in [0.717, 1.165) is 51.4 Å². The summed E-state index contributed by atoms with van der Waals surface area (Å²) in [6.45, 7) is 6.64. The minimum Gasteiger partial charge on any atom is -0.462 e. The van der Waals surface area contributed by atoms with E-state index in [4.69, 9.17) is 14.2 Å². The average molecular weight is 944 g/mol. The van der Waals surface area contributed by atoms with Crippen LogP contribution in [0.3, 0.4) is 0 Å². The molecule has 0 fully saturated rings. The zero-order valence-electron chi connectivity index (χ0n) is 45.2. The van der Waals surface area contributed by atoms with Gasteiger partial charge in [0.1, 0.15) is 13.2 Å². The van der Waals surface area contributed by atoms with Crippen molar-refractivity contribution in [2.45, 2.75) is 335 Å². The molecule has 1 unspecified atom stereocenters. The van der Waals surface area contributed by atoms with Crippen LogP contribution in [0.15, 0.2) is 24.3 Å². The van der Waals surface area contributed by atoms with Crippen LogP contribution in [0.1, 0.15) is 329 Å². The van der Waals surface area contributed by atoms with Crippen molar-refractivity contribution in [1.29, 1.82) is 0 Å². The Morgan fingerprint density at radius 1 is 0.299 bits per heavy atom. The van der Waals surface area contributed by atoms with Gasteiger partial charge in [-0.25, -0.2) is 0 Å². The number of carbonyl (C=O) groups is 3. The van der Waals surface area contributed by atoms with E-state index in [1.54, 1.807) is 0 Å². The smallest absolute Gasteiger partial charge is 0.306 e. The molecule has 6 heteroatoms. The third kappa shape index (κ3) is 54.7. The van der Waals surface area contributed by atoms with Crippen LogP contribution in [0.5, 0.6) is 0 Å². The number of ether oxygens (including phenoxy) is 3. The second-order valence-corrected chi connectivity index (χ2v) is 20.3. The van der Waals surface area contributed by atoms with Gasteiger partial charge in [-0.1, -0.05) is 295 Å². The Morgan fingerprint density at radius 3 is 0.910 bits per heavy atom. The maximum Gasteiger partial charge on any atom is 0.306 e. The zero-order valence-corrected chi connectivity index (χ0v) is 45.2. The molecule has 0 heterocycles. The molecule has 0 spiro atoms. The predicted octanol–water partition coefficient (Wildman–Crippen LogP) is 19.9. The quantitative estimate of drug-likeness (QED) is 0.0262. The Balaban J connectivity index is 4.33. The topological polar surface area (TPSA) is 78.9 Å². The lowest BCUT2D eigenvalue weighted by molar-refractivity contribution is -0.166. The summed E-state index contributed by atoms with van der Waals surface area (Å²) in [5.41, 5.74) is 0. The Kier molecular flexibility index (Phi) is 54.7. The molecular weight excluding hydrogens is 829 g/mol. The molecule has 1 atom stereocenters. The third-order valence-corrected chi connectivity index (χ3v) is 13.5. The molecule has 0 saturated carbocycles. The number of allylic oxidation sites excluding steroid dienone is 4. The Labute approximate surface area is 417 Å². The lowest BCUT2D eigenvalue weighted by Gasteiger charge is -2.18. The number of esters is 3. The van der Waals surface area contributed by atoms with E-state index < -0.39 is 6.10 Å². The molecule has 0 aromatic rings. The average Bonchev–Trinajstić information content (AvgIpc) is 3.33. The third-order valence-electron chi connectivity index (χ3n) is 13.5. The summed E-state index contributed by atoms with van der Waals surface area (Å²) in [5.74, 6) is -0.930. The standard InChI is InChI=1S/C61H114O6/c1-4-7-10-13-16-19-22-25-27-29-30-32-33-36-39-42-45-48-51-54-60(63)66-57-58(56-65-59(62)53-50-47-44-41-38-35-24-21-18-15-12-9-6-3)67-61(64)55-52-49-46-43-40-37-34-31-28-26-23-20-17-14-11-8-5-2/h35,38,44,47,58H,4-34,36-37,39-43,45-46,48-57H2,1-3H3/b38-35-,47-44-. The lowest BCUT2D eigenvalue weighted by atomic mass is 10.0. The van der Waals surface area contributed by atoms with Gasteiger partial charge in [0.05, 0.1) is 0 Å². The van der Waals surface area contributed by atoms with Crippen LogP contribution in [-0.2, 0) is 28.6 Å². The first-order chi connectivity index (χ1) is 33.0. The second kappa shape index (κ2) is 56.5. The highest BCUT2D eigenvalue weighted by molar-refractivity contribution is 5.71. The molecule has 0 aliphatic carbocycles. The van der Waals surface area contributed by atoms with Crippen LogP contribution in [0, 0.1) is 0 Å². The van der Waals surface area contributed by atoms with E-state index in [2.05, 4.69) is 39.0 Å². The highest BCUT2D eigenvalue weighted by atomic mass is 16.6. The van der Waals surface area contributed by atoms with Gasteiger partial charge in [0, 0.05) is 19.3 Å². The normalized spacial score (nSPS) is 12.1. The van der Waals surface area contributed by atoms with Crippen molar-refractivity contribution in [2.24, 2.45) is 0 Å². The first kappa shape index (κ1) is 64.9. The summed E-state index contributed by atoms with van der Waals surface area (Å²) < 4.78 is 16.8. The minimum absolute atomic E-state index is 0.0823. The van der Waals surface area contributed by atoms with Crippen LogP contribution in [0.2, 0.25) is 0 Å². The molecule has 0 rings (SSSR count). The largest absolute Gasteiger partial charge is 0.462 e. The van der Waals surface area contributed by atoms with Crippen molar-refractivity contribution in [3.63, 3.8) is 0 Å². The molecule has 0 N–H and O–H groups in total. The number of hydrogen-bond acceptors (Lipinski definition) is 6. The molecule has 0 saturated heterocycles. The molecule has 0 aromatic heterocycles. The van der Waals surface area contributed by atoms with E-state index in [1.165, 1.54) is 231 Å². The van der Waals surface area contributed by atoms with Crippen molar-refractivity contribution < 1.29 is 28.6 Å². The maximum absolute atomic E-state index is 12.9. The fourth-order valence-corrected chi connectivity index (χ4v) is 8.97. The fourth-order valence-electron chi connectivity index (χ4n) is 8.97. The molecule has 0 aliphatic rings. The van der Waals surface area contributed by atoms with Crippen LogP contribution < -0.4 is 0 Å². The van der Waals surface area contributed by atoms with Gasteiger partial charge >= 0.3 is 17.9 Å². The monoisotopic (exact) mass is 943 g/mol. The van der Waals surface area contributed by atoms with Crippen molar-refractivity contribution in [2.75, 3.05) is 13.2 Å². The van der Waals surface area contributed by atoms with Crippen molar-refractivity contribution in [1.82, 2.24) is 0 Å². The van der Waals surface area contributed by atoms with Gasteiger partial charge in [-0.15, -0.1) is 0 Å². The van der Waals surface area contributed by atoms with Gasteiger partial charge in [0.15, 0.2) is 6.10 Å². The van der Waals surface area contributed by atoms with Crippen molar-refractivity contribution in [3.8, 4) is 0 Å². The second-order valence-electron chi connectivity index (χ2n) is 20.3. The molecule has 394 valence electrons. The molecule has 67 heavy (non-hydrogen) atoms. The maximum atomic E-state index is 12.9. The van der Waals surface area contributed by atoms with Gasteiger partial charge in [0.2, 0.25) is 0 Å². The van der Waals surface area contributed by atoms with E-state index in [-0.39, 0.29) is 37.5 Å². The molecule has 0 amide bonds. The summed E-state index contributed by atoms with van der Waals surface area (Å²) in [6.07, 6.45) is 66.2. The highest BCUT2D eigenvalue weighted by Crippen LogP contribution is 2.17. The van der Waals surface area contributed by atoms with E-state index >= 15 is 0 Å². The molecule has 0 aliphatic heterocycles. The minimum atomic E-state index is -0.788. The van der Waals surface area contributed by atoms with Crippen molar-refractivity contribution in [3.05, 3.63) is 24.3 Å². The van der Waals surface area contributed by atoms with E-state index in [1.807, 2.05) is 6.08 Å². The molecule has 0 aromatic carbocycles. The first-order valence-electron chi connectivity index (χ1n) is 29.8. The Morgan fingerprint density at radius 2 is 0.567 bits per heavy atom. The molecule has 0 bridgehead atoms. The highest BCUT2D eigenvalue weighted by Gasteiger charge is 2.19. The summed E-state index contributed by atoms with van der Waals surface area (Å²) in [5, 5.41) is 0. The van der Waals surface area contributed by atoms with Gasteiger partial charge in [-0.2, -0.15) is 0 Å². The number of carbonyl (C=O) groups excluding carboxylic acids is 3. The van der Waals surface area contributed by atoms with E-state index in [9.17, 15) is 14.4 Å². The van der Waals surface area contributed by atoms with Crippen LogP contribution in [0.4, 0.5) is 0 Å². The zero-order chi connectivity index (χ0) is 48.6. The summed E-state index contributed by atoms with van der Waals surface area (Å²) in [4.78, 5) is 38.1. The first-order valence-corrected chi connectivity index (χ1v) is 29.8. The molecule has 0 radical (unpaired) electrons. The van der Waals surface area contributed by atoms with Crippen LogP contribution in [-0.4, -0.2) is 37.2 Å². The summed E-state index contributed by atoms with van der Waals surface area (Å²) in [6, 6.07) is 0. The SMILES string of the molecule is CCCCCCCC/C=C\C/C=C\CCC(=O)OCC(COC(=O)CCCCCCCCCCCCCCCCCCCCC)OC(=O)CCCCCCCCCCCCCCCCCCC. The van der Waals surface area contributed by atoms with Gasteiger partial charge in [-0.05, 0) is 38.5 Å². The van der Waals surface area contributed by atoms with Gasteiger partial charge in [0.25, 0.3) is 0 Å². The van der Waals surface area contributed by atoms with Crippen molar-refractivity contribution >= 4 is 17.9 Å². The number of rotatable bonds is 55. The van der Waals surface area contributed by atoms with Gasteiger partial charge < -0.3 is 14.2 Å². The van der Waals surface area contributed by atoms with Crippen LogP contribution in [0.25, 0.3) is 0 Å². The number of hydrogen-bond donors (Lipinski definition) is 0. The summed E-state index contributed by atoms with van der Waals surface area (Å²) >= 11 is 0. The Hall–Kier alpha value is -2.11. The Bertz CT molecular complexity index is 1080. The summed E-state index contributed by atoms with van der Waals surface area (Å²) in [7, 11) is 0. The molecule has 6 nitrogen and oxygen atoms in total. The molecular formula is C61H114O6. The fraction of sp³-hybridized carbons (Fsp3) is 0.885. The van der Waals surface area contributed by atoms with Crippen LogP contribution >= 0.6 is 0 Å². The lowest BCUT2D eigenvalue weighted by Crippen LogP contribution is -2.30. The van der Waals surface area contributed by atoms with E-state index in [0.29, 0.717) is 19.3 Å². The number of unbranched alkanes of at least 4 members (excludes halogenated alkanes) is 40. The predicted molar refractivity (Wildman–Crippen MR) is 289 cm³/mol. The van der Waals surface area contributed by atoms with Gasteiger partial charge in [-0.3, -0.25) is 14.4 Å².